The van der Waals surface area contributed by atoms with E-state index in [-0.39, 0.29) is 179 Å². The van der Waals surface area contributed by atoms with E-state index >= 15 is 0 Å². The number of rotatable bonds is 29. The van der Waals surface area contributed by atoms with Crippen LogP contribution in [0, 0.1) is 0 Å². The molecule has 2 aliphatic carbocycles. The largest absolute Gasteiger partial charge is 0.481 e. The van der Waals surface area contributed by atoms with Crippen LogP contribution < -0.4 is 37.7 Å². The average Bonchev–Trinajstić information content (AvgIpc) is 0.711. The minimum atomic E-state index is -5.08. The van der Waals surface area contributed by atoms with Crippen LogP contribution >= 0.6 is 23.5 Å². The molecule has 14 rings (SSSR count). The van der Waals surface area contributed by atoms with E-state index in [4.69, 9.17) is 4.74 Å². The third-order valence-corrected chi connectivity index (χ3v) is 22.5. The maximum absolute atomic E-state index is 14.9. The van der Waals surface area contributed by atoms with Gasteiger partial charge in [0.05, 0.1) is 66.6 Å². The Hall–Kier alpha value is -12.8. The summed E-state index contributed by atoms with van der Waals surface area (Å²) in [5.74, 6) is -3.90. The summed E-state index contributed by atoms with van der Waals surface area (Å²) < 4.78 is 116. The van der Waals surface area contributed by atoms with Crippen LogP contribution in [-0.4, -0.2) is 150 Å². The summed E-state index contributed by atoms with van der Waals surface area (Å²) in [6.07, 6.45) is -0.701. The summed E-state index contributed by atoms with van der Waals surface area (Å²) in [5, 5.41) is 25.3. The van der Waals surface area contributed by atoms with Crippen molar-refractivity contribution < 1.29 is 77.5 Å². The number of pyridine rings is 2. The van der Waals surface area contributed by atoms with Gasteiger partial charge in [-0.15, -0.1) is 0 Å². The first-order chi connectivity index (χ1) is 53.5. The van der Waals surface area contributed by atoms with Crippen LogP contribution in [0.1, 0.15) is 81.5 Å². The molecule has 0 saturated carbocycles. The van der Waals surface area contributed by atoms with Crippen LogP contribution in [0.4, 0.5) is 46.3 Å². The molecule has 0 atom stereocenters. The molecule has 0 amide bonds. The molecule has 0 saturated heterocycles. The summed E-state index contributed by atoms with van der Waals surface area (Å²) >= 11 is 2.00. The highest BCUT2D eigenvalue weighted by Gasteiger charge is 2.37. The Kier molecular flexibility index (Phi) is 20.8. The topological polar surface area (TPSA) is 476 Å². The van der Waals surface area contributed by atoms with Gasteiger partial charge in [-0.3, -0.25) is 52.0 Å². The molecule has 0 fully saturated rings. The third-order valence-electron chi connectivity index (χ3n) is 18.1. The lowest BCUT2D eigenvalue weighted by Crippen LogP contribution is -2.29. The number of anilines is 8. The Bertz CT molecular complexity index is 6550. The van der Waals surface area contributed by atoms with E-state index in [1.165, 1.54) is 79.3 Å². The van der Waals surface area contributed by atoms with Crippen LogP contribution in [0.3, 0.4) is 0 Å². The molecule has 0 spiro atoms. The summed E-state index contributed by atoms with van der Waals surface area (Å²) in [4.78, 5) is 135. The number of ether oxygens (including phenoxy) is 1. The molecular weight excluding hydrogens is 1550 g/mol. The molecule has 0 aliphatic heterocycles. The Morgan fingerprint density at radius 2 is 1.00 bits per heavy atom. The smallest absolute Gasteiger partial charge is 0.304 e. The highest BCUT2D eigenvalue weighted by atomic mass is 32.2. The maximum Gasteiger partial charge on any atom is 0.304 e. The first-order valence-corrected chi connectivity index (χ1v) is 39.8. The van der Waals surface area contributed by atoms with Crippen molar-refractivity contribution in [2.45, 2.75) is 37.8 Å². The lowest BCUT2D eigenvalue weighted by molar-refractivity contribution is -0.136. The zero-order chi connectivity index (χ0) is 79.2. The van der Waals surface area contributed by atoms with E-state index < -0.39 is 97.2 Å². The van der Waals surface area contributed by atoms with E-state index in [0.717, 1.165) is 52.4 Å². The molecule has 0 bridgehead atoms. The first kappa shape index (κ1) is 76.0. The number of ketones is 4. The van der Waals surface area contributed by atoms with Gasteiger partial charge >= 0.3 is 5.97 Å². The second-order valence-electron chi connectivity index (χ2n) is 25.1. The van der Waals surface area contributed by atoms with E-state index in [1.807, 2.05) is 0 Å². The number of carbonyl (C=O) groups is 6. The number of nitrogens with one attached hydrogen (secondary N) is 5. The molecule has 2 aliphatic rings. The number of aromatic nitrogens is 8. The number of hydrogen-bond acceptors (Lipinski definition) is 28. The monoisotopic (exact) mass is 1600 g/mol. The minimum absolute atomic E-state index is 0.00685. The highest BCUT2D eigenvalue weighted by molar-refractivity contribution is 7.99. The summed E-state index contributed by atoms with van der Waals surface area (Å²) in [5.41, 5.74) is -0.507. The highest BCUT2D eigenvalue weighted by Crippen LogP contribution is 2.47. The van der Waals surface area contributed by atoms with Gasteiger partial charge in [0, 0.05) is 101 Å². The van der Waals surface area contributed by atoms with Gasteiger partial charge < -0.3 is 45.6 Å². The average molecular weight is 1600 g/mol. The number of carboxylic acid groups (broad SMARTS) is 1. The van der Waals surface area contributed by atoms with Crippen LogP contribution in [-0.2, 0) is 65.2 Å². The predicted molar refractivity (Wildman–Crippen MR) is 413 cm³/mol. The molecule has 4 aromatic heterocycles. The number of benzene rings is 8. The standard InChI is InChI=1S/C75H57N13O19S5/c1-87-51-23-21-48(59-61(51)57(44-15-6-8-17-46(44)67(59)94)63(69(87)96)65(92)38-11-4-3-5-12-38)78-41-19-25-53(111(101,102)103)40(33-41)35-55-81-71(84-74(82-55)108-31-27-56(90)91)76-28-29-77-72-83-73(86-75(85-72)109-32-30-107-37-89)79-42-20-26-54(112(104,105)106)50(36-42)80-49-22-24-52-62-58(45-16-7-9-18-47(45)68(95)60(49)62)64(70(97)88(52)2)66(93)39-13-10-14-43(34-39)110(98,99)100/h3-26,33-34,36-37,78,80H,27-32,35H2,1-2H3,(H,90,91)(H,98,99,100)(H,101,102,103)(H,104,105,106)(H,76,81,82,84)(H2,77,79,83,85,86). The first-order valence-electron chi connectivity index (χ1n) is 33.5. The van der Waals surface area contributed by atoms with Crippen molar-refractivity contribution in [1.29, 1.82) is 0 Å². The minimum Gasteiger partial charge on any atom is -0.481 e. The van der Waals surface area contributed by atoms with Gasteiger partial charge in [0.15, 0.2) is 33.4 Å². The van der Waals surface area contributed by atoms with E-state index in [2.05, 4.69) is 56.5 Å². The fourth-order valence-corrected chi connectivity index (χ4v) is 16.5. The van der Waals surface area contributed by atoms with Gasteiger partial charge in [-0.25, -0.2) is 4.98 Å². The predicted octanol–water partition coefficient (Wildman–Crippen LogP) is 9.56. The van der Waals surface area contributed by atoms with Gasteiger partial charge in [-0.2, -0.15) is 50.2 Å². The number of fused-ring (bicyclic) bond motifs is 4. The Morgan fingerprint density at radius 1 is 0.491 bits per heavy atom. The number of nitrogens with zero attached hydrogens (tertiary/aromatic N) is 8. The number of thioether (sulfide) groups is 2. The van der Waals surface area contributed by atoms with Crippen molar-refractivity contribution in [3.8, 4) is 22.3 Å². The van der Waals surface area contributed by atoms with E-state index in [1.54, 1.807) is 78.9 Å². The van der Waals surface area contributed by atoms with Gasteiger partial charge in [-0.05, 0) is 89.5 Å². The zero-order valence-electron chi connectivity index (χ0n) is 58.1. The van der Waals surface area contributed by atoms with Crippen molar-refractivity contribution in [1.82, 2.24) is 39.0 Å². The molecule has 4 heterocycles. The second kappa shape index (κ2) is 30.6. The fraction of sp³-hybridized carbons (Fsp3) is 0.120. The molecule has 566 valence electrons. The lowest BCUT2D eigenvalue weighted by Gasteiger charge is -2.26. The number of hydrogen-bond donors (Lipinski definition) is 9. The van der Waals surface area contributed by atoms with E-state index in [9.17, 15) is 82.4 Å². The molecular formula is C75H57N13O19S5. The second-order valence-corrected chi connectivity index (χ2v) is 31.4. The fourth-order valence-electron chi connectivity index (χ4n) is 13.2. The molecule has 32 nitrogen and oxygen atoms in total. The van der Waals surface area contributed by atoms with Crippen molar-refractivity contribution in [2.75, 3.05) is 57.8 Å². The SMILES string of the molecule is Cn1c(=O)c(C(=O)c2ccccc2)c2c3c(c(Nc4ccc(S(=O)(=O)O)c(Cc5nc(NCCNc6nc(Nc7ccc(S(=O)(=O)O)c(Nc8ccc9c%10c8C(=O)c8ccccc8-c%10c(C(=O)c8cccc(S(=O)(=O)O)c8)c(=O)n9C)c7)nc(SCCOC=O)n6)nc(SCCC(=O)O)n5)c4)ccc31)C(=O)c1ccccc1-2. The Balaban J connectivity index is 0.749. The molecule has 37 heteroatoms. The zero-order valence-corrected chi connectivity index (χ0v) is 62.2. The Labute approximate surface area is 642 Å². The van der Waals surface area contributed by atoms with Crippen molar-refractivity contribution in [2.24, 2.45) is 14.1 Å². The molecule has 8 aromatic carbocycles. The normalized spacial score (nSPS) is 12.3. The van der Waals surface area contributed by atoms with Crippen LogP contribution in [0.5, 0.6) is 0 Å². The Morgan fingerprint density at radius 3 is 1.57 bits per heavy atom. The van der Waals surface area contributed by atoms with Gasteiger partial charge in [-0.1, -0.05) is 115 Å². The summed E-state index contributed by atoms with van der Waals surface area (Å²) in [6.45, 7) is 0.161. The molecule has 9 N–H and O–H groups in total. The lowest BCUT2D eigenvalue weighted by atomic mass is 9.80. The number of aliphatic carboxylic acids is 1. The van der Waals surface area contributed by atoms with Gasteiger partial charge in [0.25, 0.3) is 47.9 Å². The van der Waals surface area contributed by atoms with Crippen molar-refractivity contribution in [3.63, 3.8) is 0 Å². The van der Waals surface area contributed by atoms with Crippen molar-refractivity contribution >= 4 is 158 Å². The quantitative estimate of drug-likeness (QED) is 0.00692. The third kappa shape index (κ3) is 15.1. The molecule has 0 radical (unpaired) electrons. The van der Waals surface area contributed by atoms with Crippen LogP contribution in [0.2, 0.25) is 0 Å². The maximum atomic E-state index is 14.9. The van der Waals surface area contributed by atoms with Gasteiger partial charge in [0.2, 0.25) is 17.8 Å². The molecule has 112 heavy (non-hydrogen) atoms. The number of carbonyl (C=O) groups excluding carboxylic acids is 5. The van der Waals surface area contributed by atoms with E-state index in [0.29, 0.717) is 16.5 Å². The van der Waals surface area contributed by atoms with Gasteiger partial charge in [0.1, 0.15) is 17.3 Å². The summed E-state index contributed by atoms with van der Waals surface area (Å²) in [7, 11) is -12.0. The van der Waals surface area contributed by atoms with Crippen LogP contribution in [0.25, 0.3) is 44.1 Å². The molecule has 12 aromatic rings. The van der Waals surface area contributed by atoms with Crippen LogP contribution in [0.15, 0.2) is 198 Å². The number of carboxylic acids is 1. The number of aryl methyl sites for hydroxylation is 2. The summed E-state index contributed by atoms with van der Waals surface area (Å²) in [6, 6.07) is 38.8. The molecule has 0 unspecified atom stereocenters. The van der Waals surface area contributed by atoms with Crippen molar-refractivity contribution in [3.05, 3.63) is 240 Å².